The van der Waals surface area contributed by atoms with Gasteiger partial charge < -0.3 is 14.8 Å². The van der Waals surface area contributed by atoms with Crippen LogP contribution >= 0.6 is 0 Å². The average Bonchev–Trinajstić information content (AvgIpc) is 2.34. The molecule has 94 valence electrons. The zero-order valence-corrected chi connectivity index (χ0v) is 9.77. The van der Waals surface area contributed by atoms with Crippen molar-refractivity contribution in [2.24, 2.45) is 0 Å². The number of aromatic nitrogens is 1. The fourth-order valence-corrected chi connectivity index (χ4v) is 1.25. The Bertz CT molecular complexity index is 373. The predicted molar refractivity (Wildman–Crippen MR) is 59.2 cm³/mol. The number of carbonyl (C=O) groups is 1. The third-order valence-corrected chi connectivity index (χ3v) is 2.16. The number of carbonyl (C=O) groups excluding carboxylic acids is 1. The van der Waals surface area contributed by atoms with Crippen LogP contribution in [0.4, 0.5) is 4.39 Å². The van der Waals surface area contributed by atoms with Gasteiger partial charge in [-0.1, -0.05) is 0 Å². The molecular weight excluding hydrogens is 227 g/mol. The van der Waals surface area contributed by atoms with Gasteiger partial charge in [0.1, 0.15) is 0 Å². The van der Waals surface area contributed by atoms with E-state index in [2.05, 4.69) is 10.3 Å². The number of hydrogen-bond acceptors (Lipinski definition) is 4. The highest BCUT2D eigenvalue weighted by Crippen LogP contribution is 2.00. The Kier molecular flexibility index (Phi) is 5.51. The molecule has 1 rings (SSSR count). The molecule has 5 nitrogen and oxygen atoms in total. The molecule has 1 N–H and O–H groups in total. The van der Waals surface area contributed by atoms with E-state index in [-0.39, 0.29) is 17.6 Å². The van der Waals surface area contributed by atoms with Crippen LogP contribution in [0.1, 0.15) is 10.4 Å². The molecule has 0 aliphatic rings. The second kappa shape index (κ2) is 6.93. The maximum absolute atomic E-state index is 12.8. The third-order valence-electron chi connectivity index (χ3n) is 2.16. The predicted octanol–water partition coefficient (Wildman–Crippen LogP) is 0.612. The summed E-state index contributed by atoms with van der Waals surface area (Å²) in [6.45, 7) is 0.675. The molecule has 0 aliphatic carbocycles. The van der Waals surface area contributed by atoms with Crippen molar-refractivity contribution in [2.75, 3.05) is 27.4 Å². The number of rotatable bonds is 6. The number of ether oxygens (including phenoxy) is 2. The minimum Gasteiger partial charge on any atom is -0.382 e. The zero-order chi connectivity index (χ0) is 12.7. The molecule has 1 aromatic rings. The van der Waals surface area contributed by atoms with E-state index in [1.54, 1.807) is 7.11 Å². The van der Waals surface area contributed by atoms with Crippen LogP contribution in [0.2, 0.25) is 0 Å². The second-order valence-electron chi connectivity index (χ2n) is 3.39. The highest BCUT2D eigenvalue weighted by atomic mass is 19.1. The minimum atomic E-state index is -0.683. The molecule has 17 heavy (non-hydrogen) atoms. The van der Waals surface area contributed by atoms with E-state index in [9.17, 15) is 9.18 Å². The van der Waals surface area contributed by atoms with Crippen LogP contribution in [0.5, 0.6) is 0 Å². The van der Waals surface area contributed by atoms with E-state index < -0.39 is 5.95 Å². The van der Waals surface area contributed by atoms with Crippen molar-refractivity contribution in [3.63, 3.8) is 0 Å². The molecule has 1 amide bonds. The van der Waals surface area contributed by atoms with Gasteiger partial charge in [-0.15, -0.1) is 0 Å². The Balaban J connectivity index is 2.49. The Morgan fingerprint density at radius 2 is 2.35 bits per heavy atom. The maximum Gasteiger partial charge on any atom is 0.251 e. The molecule has 0 saturated carbocycles. The quantitative estimate of drug-likeness (QED) is 0.742. The van der Waals surface area contributed by atoms with Gasteiger partial charge in [0.15, 0.2) is 0 Å². The summed E-state index contributed by atoms with van der Waals surface area (Å²) in [7, 11) is 3.08. The largest absolute Gasteiger partial charge is 0.382 e. The Labute approximate surface area is 98.9 Å². The van der Waals surface area contributed by atoms with Gasteiger partial charge in [0.05, 0.1) is 12.7 Å². The van der Waals surface area contributed by atoms with E-state index in [1.165, 1.54) is 19.4 Å². The average molecular weight is 242 g/mol. The van der Waals surface area contributed by atoms with Gasteiger partial charge in [0, 0.05) is 38.6 Å². The summed E-state index contributed by atoms with van der Waals surface area (Å²) >= 11 is 0. The fraction of sp³-hybridized carbons (Fsp3) is 0.455. The van der Waals surface area contributed by atoms with Crippen LogP contribution in [-0.4, -0.2) is 44.4 Å². The van der Waals surface area contributed by atoms with Crippen molar-refractivity contribution in [1.82, 2.24) is 10.3 Å². The smallest absolute Gasteiger partial charge is 0.251 e. The molecule has 1 atom stereocenters. The lowest BCUT2D eigenvalue weighted by atomic mass is 10.2. The monoisotopic (exact) mass is 242 g/mol. The van der Waals surface area contributed by atoms with Crippen LogP contribution < -0.4 is 5.32 Å². The van der Waals surface area contributed by atoms with Gasteiger partial charge in [-0.2, -0.15) is 4.39 Å². The highest BCUT2D eigenvalue weighted by molar-refractivity contribution is 5.93. The number of amides is 1. The normalized spacial score (nSPS) is 12.2. The Hall–Kier alpha value is -1.53. The molecule has 0 fully saturated rings. The molecule has 0 bridgehead atoms. The third kappa shape index (κ3) is 4.46. The van der Waals surface area contributed by atoms with Gasteiger partial charge in [-0.05, 0) is 6.07 Å². The van der Waals surface area contributed by atoms with E-state index in [1.807, 2.05) is 0 Å². The van der Waals surface area contributed by atoms with Gasteiger partial charge >= 0.3 is 0 Å². The van der Waals surface area contributed by atoms with Crippen molar-refractivity contribution in [2.45, 2.75) is 6.10 Å². The van der Waals surface area contributed by atoms with E-state index in [4.69, 9.17) is 9.47 Å². The van der Waals surface area contributed by atoms with Crippen LogP contribution in [-0.2, 0) is 9.47 Å². The summed E-state index contributed by atoms with van der Waals surface area (Å²) in [4.78, 5) is 15.0. The lowest BCUT2D eigenvalue weighted by Gasteiger charge is -2.14. The number of halogens is 1. The maximum atomic E-state index is 12.8. The van der Waals surface area contributed by atoms with Gasteiger partial charge in [-0.25, -0.2) is 4.98 Å². The van der Waals surface area contributed by atoms with Gasteiger partial charge in [-0.3, -0.25) is 4.79 Å². The van der Waals surface area contributed by atoms with Crippen LogP contribution in [0.15, 0.2) is 18.3 Å². The van der Waals surface area contributed by atoms with Gasteiger partial charge in [0.2, 0.25) is 5.95 Å². The summed E-state index contributed by atoms with van der Waals surface area (Å²) in [5.74, 6) is -1.05. The zero-order valence-electron chi connectivity index (χ0n) is 9.77. The van der Waals surface area contributed by atoms with Crippen LogP contribution in [0, 0.1) is 5.95 Å². The second-order valence-corrected chi connectivity index (χ2v) is 3.39. The molecule has 0 aliphatic heterocycles. The first-order valence-corrected chi connectivity index (χ1v) is 5.09. The highest BCUT2D eigenvalue weighted by Gasteiger charge is 2.11. The van der Waals surface area contributed by atoms with Crippen molar-refractivity contribution in [3.8, 4) is 0 Å². The van der Waals surface area contributed by atoms with Crippen molar-refractivity contribution < 1.29 is 18.7 Å². The van der Waals surface area contributed by atoms with E-state index in [0.717, 1.165) is 6.07 Å². The van der Waals surface area contributed by atoms with Crippen molar-refractivity contribution in [3.05, 3.63) is 29.8 Å². The topological polar surface area (TPSA) is 60.5 Å². The van der Waals surface area contributed by atoms with Crippen LogP contribution in [0.25, 0.3) is 0 Å². The first-order valence-electron chi connectivity index (χ1n) is 5.09. The Morgan fingerprint density at radius 1 is 1.59 bits per heavy atom. The lowest BCUT2D eigenvalue weighted by molar-refractivity contribution is 0.0285. The molecule has 0 saturated heterocycles. The molecule has 1 aromatic heterocycles. The molecule has 1 heterocycles. The molecule has 1 unspecified atom stereocenters. The fourth-order valence-electron chi connectivity index (χ4n) is 1.25. The summed E-state index contributed by atoms with van der Waals surface area (Å²) in [5, 5.41) is 2.62. The summed E-state index contributed by atoms with van der Waals surface area (Å²) in [5.41, 5.74) is 0.227. The number of nitrogens with zero attached hydrogens (tertiary/aromatic N) is 1. The molecular formula is C11H15FN2O3. The first kappa shape index (κ1) is 13.5. The SMILES string of the molecule is COCC(CNC(=O)c1ccnc(F)c1)OC. The molecule has 6 heteroatoms. The molecule has 0 spiro atoms. The summed E-state index contributed by atoms with van der Waals surface area (Å²) in [6, 6.07) is 2.52. The Morgan fingerprint density at radius 3 is 2.94 bits per heavy atom. The summed E-state index contributed by atoms with van der Waals surface area (Å²) in [6.07, 6.45) is 1.02. The number of hydrogen-bond donors (Lipinski definition) is 1. The minimum absolute atomic E-state index is 0.226. The summed E-state index contributed by atoms with van der Waals surface area (Å²) < 4.78 is 22.8. The molecule has 0 aromatic carbocycles. The lowest BCUT2D eigenvalue weighted by Crippen LogP contribution is -2.35. The van der Waals surface area contributed by atoms with Gasteiger partial charge in [0.25, 0.3) is 5.91 Å². The standard InChI is InChI=1S/C11H15FN2O3/c1-16-7-9(17-2)6-14-11(15)8-3-4-13-10(12)5-8/h3-5,9H,6-7H2,1-2H3,(H,14,15). The van der Waals surface area contributed by atoms with E-state index >= 15 is 0 Å². The number of methoxy groups -OCH3 is 2. The van der Waals surface area contributed by atoms with Crippen molar-refractivity contribution >= 4 is 5.91 Å². The number of pyridine rings is 1. The van der Waals surface area contributed by atoms with Crippen LogP contribution in [0.3, 0.4) is 0 Å². The van der Waals surface area contributed by atoms with Crippen molar-refractivity contribution in [1.29, 1.82) is 0 Å². The number of nitrogens with one attached hydrogen (secondary N) is 1. The first-order chi connectivity index (χ1) is 8.17. The molecule has 0 radical (unpaired) electrons. The van der Waals surface area contributed by atoms with E-state index in [0.29, 0.717) is 13.2 Å².